The zero-order valence-corrected chi connectivity index (χ0v) is 35.9. The summed E-state index contributed by atoms with van der Waals surface area (Å²) in [5.41, 5.74) is 1.79. The summed E-state index contributed by atoms with van der Waals surface area (Å²) in [6, 6.07) is 18.7. The summed E-state index contributed by atoms with van der Waals surface area (Å²) in [5.74, 6) is -1.45. The molecule has 0 radical (unpaired) electrons. The Morgan fingerprint density at radius 2 is 0.594 bits per heavy atom. The maximum atomic E-state index is 13.9. The van der Waals surface area contributed by atoms with E-state index >= 15 is 0 Å². The molecule has 0 saturated heterocycles. The van der Waals surface area contributed by atoms with Gasteiger partial charge in [0.05, 0.1) is 117 Å². The summed E-state index contributed by atoms with van der Waals surface area (Å²) in [4.78, 5) is 58.3. The van der Waals surface area contributed by atoms with Gasteiger partial charge in [0.25, 0.3) is 23.6 Å². The van der Waals surface area contributed by atoms with E-state index in [-0.39, 0.29) is 36.7 Å². The Kier molecular flexibility index (Phi) is 16.9. The van der Waals surface area contributed by atoms with E-state index in [1.807, 2.05) is 36.4 Å². The highest BCUT2D eigenvalue weighted by atomic mass is 16.6. The van der Waals surface area contributed by atoms with Crippen molar-refractivity contribution in [3.05, 3.63) is 70.8 Å². The molecule has 2 aliphatic rings. The molecular formula is C48H52N4O12. The number of carbonyl (C=O) groups excluding carboxylic acids is 4. The number of rotatable bonds is 30. The second-order valence-electron chi connectivity index (χ2n) is 15.1. The number of benzene rings is 5. The van der Waals surface area contributed by atoms with Gasteiger partial charge in [-0.2, -0.15) is 10.5 Å². The van der Waals surface area contributed by atoms with E-state index < -0.39 is 0 Å². The highest BCUT2D eigenvalue weighted by Gasteiger charge is 2.36. The van der Waals surface area contributed by atoms with Gasteiger partial charge in [-0.25, -0.2) is 0 Å². The number of ether oxygens (including phenoxy) is 8. The average molecular weight is 877 g/mol. The molecule has 0 fully saturated rings. The number of imide groups is 2. The van der Waals surface area contributed by atoms with E-state index in [4.69, 9.17) is 48.4 Å². The van der Waals surface area contributed by atoms with Crippen LogP contribution >= 0.6 is 0 Å². The summed E-state index contributed by atoms with van der Waals surface area (Å²) >= 11 is 0. The van der Waals surface area contributed by atoms with Crippen molar-refractivity contribution >= 4 is 66.7 Å². The van der Waals surface area contributed by atoms with Crippen LogP contribution in [0.1, 0.15) is 67.1 Å². The second-order valence-corrected chi connectivity index (χ2v) is 15.1. The van der Waals surface area contributed by atoms with Crippen LogP contribution in [0.2, 0.25) is 0 Å². The molecule has 16 nitrogen and oxygen atoms in total. The summed E-state index contributed by atoms with van der Waals surface area (Å²) in [5, 5.41) is 23.2. The topological polar surface area (TPSA) is 196 Å². The molecule has 0 atom stereocenters. The first-order valence-electron chi connectivity index (χ1n) is 21.8. The molecule has 0 unspecified atom stereocenters. The predicted molar refractivity (Wildman–Crippen MR) is 235 cm³/mol. The number of amides is 4. The van der Waals surface area contributed by atoms with Crippen LogP contribution in [0, 0.1) is 22.7 Å². The van der Waals surface area contributed by atoms with Crippen molar-refractivity contribution < 1.29 is 57.1 Å². The van der Waals surface area contributed by atoms with Crippen LogP contribution in [0.15, 0.2) is 48.5 Å². The summed E-state index contributed by atoms with van der Waals surface area (Å²) in [6.45, 7) is 6.74. The predicted octanol–water partition coefficient (Wildman–Crippen LogP) is 5.67. The minimum Gasteiger partial charge on any atom is -0.379 e. The van der Waals surface area contributed by atoms with Gasteiger partial charge in [0.2, 0.25) is 0 Å². The molecular weight excluding hydrogens is 825 g/mol. The molecule has 4 amide bonds. The van der Waals surface area contributed by atoms with Crippen molar-refractivity contribution in [3.63, 3.8) is 0 Å². The highest BCUT2D eigenvalue weighted by Crippen LogP contribution is 2.46. The standard InChI is InChI=1S/C48H52N4O12/c49-13-1-17-57-21-25-61-29-31-63-27-23-59-19-3-15-51-45(53)37-9-5-33-35-7-11-39-44-40(12-8-36(42(35)44)34-6-10-38(46(51)54)43(37)41(33)34)48(56)52(47(39)55)16-4-20-60-24-28-64-32-30-62-26-22-58-18-2-14-50/h5-12H,1-4,15-32H2. The zero-order chi connectivity index (χ0) is 44.7. The van der Waals surface area contributed by atoms with Crippen LogP contribution in [0.4, 0.5) is 0 Å². The van der Waals surface area contributed by atoms with Crippen LogP contribution in [0.25, 0.3) is 43.1 Å². The number of nitriles is 2. The Balaban J connectivity index is 0.920. The molecule has 64 heavy (non-hydrogen) atoms. The lowest BCUT2D eigenvalue weighted by molar-refractivity contribution is -0.00192. The summed E-state index contributed by atoms with van der Waals surface area (Å²) < 4.78 is 43.8. The van der Waals surface area contributed by atoms with Gasteiger partial charge in [-0.3, -0.25) is 29.0 Å². The van der Waals surface area contributed by atoms with Crippen molar-refractivity contribution in [1.29, 1.82) is 10.5 Å². The van der Waals surface area contributed by atoms with Gasteiger partial charge >= 0.3 is 0 Å². The second kappa shape index (κ2) is 23.3. The number of hydrogen-bond donors (Lipinski definition) is 0. The van der Waals surface area contributed by atoms with Crippen LogP contribution in [-0.4, -0.2) is 152 Å². The fourth-order valence-electron chi connectivity index (χ4n) is 8.18. The third-order valence-corrected chi connectivity index (χ3v) is 11.1. The molecule has 5 aromatic rings. The van der Waals surface area contributed by atoms with Crippen molar-refractivity contribution in [3.8, 4) is 12.1 Å². The Morgan fingerprint density at radius 3 is 0.859 bits per heavy atom. The normalized spacial score (nSPS) is 13.7. The smallest absolute Gasteiger partial charge is 0.261 e. The third kappa shape index (κ3) is 10.5. The maximum Gasteiger partial charge on any atom is 0.261 e. The number of hydrogen-bond acceptors (Lipinski definition) is 14. The Morgan fingerprint density at radius 1 is 0.344 bits per heavy atom. The van der Waals surface area contributed by atoms with Crippen LogP contribution < -0.4 is 0 Å². The molecule has 0 N–H and O–H groups in total. The van der Waals surface area contributed by atoms with E-state index in [9.17, 15) is 19.2 Å². The Labute approximate surface area is 370 Å². The van der Waals surface area contributed by atoms with E-state index in [0.29, 0.717) is 164 Å². The molecule has 5 aromatic carbocycles. The molecule has 0 spiro atoms. The van der Waals surface area contributed by atoms with E-state index in [1.54, 1.807) is 24.3 Å². The Hall–Kier alpha value is -5.66. The van der Waals surface area contributed by atoms with Gasteiger partial charge in [0, 0.05) is 59.3 Å². The molecule has 0 saturated carbocycles. The van der Waals surface area contributed by atoms with Crippen molar-refractivity contribution in [2.24, 2.45) is 0 Å². The first-order valence-corrected chi connectivity index (χ1v) is 21.8. The zero-order valence-electron chi connectivity index (χ0n) is 35.9. The SMILES string of the molecule is N#CCCOCCOCCOCCOCCCN1C(=O)c2ccc3c4ccc5c6c(ccc(c7ccc(c2c37)C1=O)c64)C(=O)N(CCCOCCOCCOCCOCCC#N)C5=O. The minimum absolute atomic E-state index is 0.197. The van der Waals surface area contributed by atoms with E-state index in [1.165, 1.54) is 9.80 Å². The fraction of sp³-hybridized carbons (Fsp3) is 0.458. The quantitative estimate of drug-likeness (QED) is 0.0237. The molecule has 2 heterocycles. The number of nitrogens with zero attached hydrogens (tertiary/aromatic N) is 4. The first-order chi connectivity index (χ1) is 31.5. The fourth-order valence-corrected chi connectivity index (χ4v) is 8.18. The lowest BCUT2D eigenvalue weighted by Crippen LogP contribution is -2.41. The summed E-state index contributed by atoms with van der Waals surface area (Å²) in [6.07, 6.45) is 1.63. The maximum absolute atomic E-state index is 13.9. The van der Waals surface area contributed by atoms with Crippen molar-refractivity contribution in [2.75, 3.05) is 119 Å². The third-order valence-electron chi connectivity index (χ3n) is 11.1. The summed E-state index contributed by atoms with van der Waals surface area (Å²) in [7, 11) is 0. The number of carbonyl (C=O) groups is 4. The van der Waals surface area contributed by atoms with E-state index in [0.717, 1.165) is 32.3 Å². The van der Waals surface area contributed by atoms with Gasteiger partial charge in [0.1, 0.15) is 0 Å². The Bertz CT molecular complexity index is 2240. The molecule has 0 aromatic heterocycles. The molecule has 0 aliphatic carbocycles. The van der Waals surface area contributed by atoms with Gasteiger partial charge in [0.15, 0.2) is 0 Å². The highest BCUT2D eigenvalue weighted by molar-refractivity contribution is 6.41. The molecule has 7 rings (SSSR count). The van der Waals surface area contributed by atoms with Crippen molar-refractivity contribution in [1.82, 2.24) is 9.80 Å². The van der Waals surface area contributed by atoms with Crippen LogP contribution in [-0.2, 0) is 37.9 Å². The first kappa shape index (κ1) is 46.3. The average Bonchev–Trinajstić information content (AvgIpc) is 3.31. The van der Waals surface area contributed by atoms with E-state index in [2.05, 4.69) is 0 Å². The lowest BCUT2D eigenvalue weighted by Gasteiger charge is -2.30. The number of fused-ring (bicyclic) bond motifs is 2. The van der Waals surface area contributed by atoms with Crippen molar-refractivity contribution in [2.45, 2.75) is 25.7 Å². The molecule has 0 bridgehead atoms. The molecule has 336 valence electrons. The van der Waals surface area contributed by atoms with Gasteiger partial charge in [-0.05, 0) is 69.4 Å². The lowest BCUT2D eigenvalue weighted by atomic mass is 9.82. The largest absolute Gasteiger partial charge is 0.379 e. The van der Waals surface area contributed by atoms with Crippen LogP contribution in [0.3, 0.4) is 0 Å². The van der Waals surface area contributed by atoms with Crippen LogP contribution in [0.5, 0.6) is 0 Å². The minimum atomic E-state index is -0.362. The monoisotopic (exact) mass is 876 g/mol. The molecule has 2 aliphatic heterocycles. The molecule has 16 heteroatoms. The van der Waals surface area contributed by atoms with Gasteiger partial charge < -0.3 is 37.9 Å². The van der Waals surface area contributed by atoms with Gasteiger partial charge in [-0.1, -0.05) is 24.3 Å². The van der Waals surface area contributed by atoms with Gasteiger partial charge in [-0.15, -0.1) is 0 Å².